The van der Waals surface area contributed by atoms with Gasteiger partial charge in [-0.05, 0) is 6.42 Å². The van der Waals surface area contributed by atoms with Crippen LogP contribution in [0, 0.1) is 0 Å². The predicted molar refractivity (Wildman–Crippen MR) is 42.5 cm³/mol. The van der Waals surface area contributed by atoms with Crippen molar-refractivity contribution in [1.82, 2.24) is 0 Å². The Hall–Kier alpha value is -0.350. The highest BCUT2D eigenvalue weighted by Crippen LogP contribution is 1.93. The lowest BCUT2D eigenvalue weighted by atomic mass is 10.2. The summed E-state index contributed by atoms with van der Waals surface area (Å²) < 4.78 is 21.1. The van der Waals surface area contributed by atoms with Gasteiger partial charge in [-0.1, -0.05) is 6.08 Å². The van der Waals surface area contributed by atoms with Crippen LogP contribution in [0.25, 0.3) is 0 Å². The molecule has 0 aliphatic heterocycles. The Morgan fingerprint density at radius 1 is 1.70 bits per heavy atom. The van der Waals surface area contributed by atoms with Crippen molar-refractivity contribution in [2.24, 2.45) is 5.73 Å². The molecule has 0 fully saturated rings. The summed E-state index contributed by atoms with van der Waals surface area (Å²) in [4.78, 5) is 0. The normalized spacial score (nSPS) is 14.6. The molecule has 0 saturated heterocycles. The lowest BCUT2D eigenvalue weighted by Gasteiger charge is -2.02. The fraction of sp³-hybridized carbons (Fsp3) is 0.667. The molecular weight excluding hydrogens is 150 g/mol. The van der Waals surface area contributed by atoms with Crippen LogP contribution in [-0.4, -0.2) is 26.5 Å². The number of sulfone groups is 1. The van der Waals surface area contributed by atoms with Gasteiger partial charge in [0.2, 0.25) is 0 Å². The topological polar surface area (TPSA) is 60.2 Å². The SMILES string of the molecule is C=CC(N)CCS(C)(=O)=O. The van der Waals surface area contributed by atoms with E-state index in [0.717, 1.165) is 0 Å². The van der Waals surface area contributed by atoms with Crippen LogP contribution < -0.4 is 5.73 Å². The molecule has 4 heteroatoms. The third kappa shape index (κ3) is 5.78. The molecule has 0 rings (SSSR count). The van der Waals surface area contributed by atoms with Crippen LogP contribution in [0.4, 0.5) is 0 Å². The number of rotatable bonds is 4. The summed E-state index contributed by atoms with van der Waals surface area (Å²) in [5, 5.41) is 0. The quantitative estimate of drug-likeness (QED) is 0.590. The fourth-order valence-corrected chi connectivity index (χ4v) is 1.17. The van der Waals surface area contributed by atoms with Gasteiger partial charge in [-0.25, -0.2) is 8.42 Å². The monoisotopic (exact) mass is 163 g/mol. The first-order chi connectivity index (χ1) is 4.45. The highest BCUT2D eigenvalue weighted by Gasteiger charge is 2.03. The zero-order chi connectivity index (χ0) is 8.20. The van der Waals surface area contributed by atoms with E-state index in [0.29, 0.717) is 6.42 Å². The van der Waals surface area contributed by atoms with Crippen molar-refractivity contribution < 1.29 is 8.42 Å². The Bertz CT molecular complexity index is 196. The van der Waals surface area contributed by atoms with Crippen LogP contribution >= 0.6 is 0 Å². The Balaban J connectivity index is 3.66. The molecule has 2 N–H and O–H groups in total. The van der Waals surface area contributed by atoms with Crippen molar-refractivity contribution in [2.45, 2.75) is 12.5 Å². The molecule has 0 saturated carbocycles. The number of nitrogens with two attached hydrogens (primary N) is 1. The van der Waals surface area contributed by atoms with E-state index < -0.39 is 9.84 Å². The van der Waals surface area contributed by atoms with Crippen LogP contribution in [0.15, 0.2) is 12.7 Å². The summed E-state index contributed by atoms with van der Waals surface area (Å²) in [6.45, 7) is 3.44. The average Bonchev–Trinajstić information content (AvgIpc) is 1.81. The lowest BCUT2D eigenvalue weighted by Crippen LogP contribution is -2.20. The Morgan fingerprint density at radius 2 is 2.20 bits per heavy atom. The molecule has 1 atom stereocenters. The first-order valence-corrected chi connectivity index (χ1v) is 5.07. The van der Waals surface area contributed by atoms with Crippen molar-refractivity contribution in [3.8, 4) is 0 Å². The van der Waals surface area contributed by atoms with Crippen LogP contribution in [0.1, 0.15) is 6.42 Å². The average molecular weight is 163 g/mol. The minimum Gasteiger partial charge on any atom is -0.324 e. The zero-order valence-corrected chi connectivity index (χ0v) is 6.89. The molecule has 0 radical (unpaired) electrons. The lowest BCUT2D eigenvalue weighted by molar-refractivity contribution is 0.596. The molecule has 0 heterocycles. The summed E-state index contributed by atoms with van der Waals surface area (Å²) in [6.07, 6.45) is 3.20. The first-order valence-electron chi connectivity index (χ1n) is 3.01. The Labute approximate surface area is 61.8 Å². The molecule has 0 bridgehead atoms. The van der Waals surface area contributed by atoms with Gasteiger partial charge in [-0.2, -0.15) is 0 Å². The summed E-state index contributed by atoms with van der Waals surface area (Å²) >= 11 is 0. The predicted octanol–water partition coefficient (Wildman–Crippen LogP) is -0.0656. The van der Waals surface area contributed by atoms with Crippen LogP contribution in [0.2, 0.25) is 0 Å². The van der Waals surface area contributed by atoms with Crippen molar-refractivity contribution in [3.05, 3.63) is 12.7 Å². The summed E-state index contributed by atoms with van der Waals surface area (Å²) in [7, 11) is -2.86. The molecule has 0 aromatic carbocycles. The third-order valence-electron chi connectivity index (χ3n) is 1.12. The fourth-order valence-electron chi connectivity index (χ4n) is 0.468. The first kappa shape index (κ1) is 9.65. The molecule has 0 amide bonds. The van der Waals surface area contributed by atoms with E-state index >= 15 is 0 Å². The maximum atomic E-state index is 10.6. The molecule has 1 unspecified atom stereocenters. The van der Waals surface area contributed by atoms with Gasteiger partial charge in [0.1, 0.15) is 9.84 Å². The molecule has 10 heavy (non-hydrogen) atoms. The van der Waals surface area contributed by atoms with E-state index in [-0.39, 0.29) is 11.8 Å². The van der Waals surface area contributed by atoms with Crippen molar-refractivity contribution in [2.75, 3.05) is 12.0 Å². The molecular formula is C6H13NO2S. The van der Waals surface area contributed by atoms with Gasteiger partial charge in [0, 0.05) is 12.3 Å². The smallest absolute Gasteiger partial charge is 0.147 e. The van der Waals surface area contributed by atoms with Crippen molar-refractivity contribution in [1.29, 1.82) is 0 Å². The minimum atomic E-state index is -2.86. The molecule has 3 nitrogen and oxygen atoms in total. The molecule has 0 spiro atoms. The van der Waals surface area contributed by atoms with Crippen LogP contribution in [0.5, 0.6) is 0 Å². The van der Waals surface area contributed by atoms with Gasteiger partial charge >= 0.3 is 0 Å². The van der Waals surface area contributed by atoms with E-state index in [1.807, 2.05) is 0 Å². The summed E-state index contributed by atoms with van der Waals surface area (Å²) in [5.74, 6) is 0.139. The standard InChI is InChI=1S/C6H13NO2S/c1-3-6(7)4-5-10(2,8)9/h3,6H,1,4-5,7H2,2H3. The highest BCUT2D eigenvalue weighted by atomic mass is 32.2. The molecule has 60 valence electrons. The van der Waals surface area contributed by atoms with Gasteiger partial charge in [0.05, 0.1) is 5.75 Å². The Kier molecular flexibility index (Phi) is 3.60. The van der Waals surface area contributed by atoms with E-state index in [1.165, 1.54) is 6.26 Å². The van der Waals surface area contributed by atoms with E-state index in [2.05, 4.69) is 6.58 Å². The van der Waals surface area contributed by atoms with Crippen molar-refractivity contribution >= 4 is 9.84 Å². The second-order valence-electron chi connectivity index (χ2n) is 2.32. The van der Waals surface area contributed by atoms with Gasteiger partial charge in [0.15, 0.2) is 0 Å². The highest BCUT2D eigenvalue weighted by molar-refractivity contribution is 7.90. The van der Waals surface area contributed by atoms with Crippen LogP contribution in [-0.2, 0) is 9.84 Å². The molecule has 0 aromatic rings. The number of hydrogen-bond donors (Lipinski definition) is 1. The van der Waals surface area contributed by atoms with Gasteiger partial charge in [-0.3, -0.25) is 0 Å². The van der Waals surface area contributed by atoms with Gasteiger partial charge < -0.3 is 5.73 Å². The summed E-state index contributed by atoms with van der Waals surface area (Å²) in [6, 6.07) is -0.199. The van der Waals surface area contributed by atoms with Gasteiger partial charge in [0.25, 0.3) is 0 Å². The number of hydrogen-bond acceptors (Lipinski definition) is 3. The van der Waals surface area contributed by atoms with Crippen LogP contribution in [0.3, 0.4) is 0 Å². The second-order valence-corrected chi connectivity index (χ2v) is 4.58. The molecule has 0 aromatic heterocycles. The summed E-state index contributed by atoms with van der Waals surface area (Å²) in [5.41, 5.74) is 5.40. The van der Waals surface area contributed by atoms with E-state index in [9.17, 15) is 8.42 Å². The second kappa shape index (κ2) is 3.73. The van der Waals surface area contributed by atoms with E-state index in [1.54, 1.807) is 6.08 Å². The third-order valence-corrected chi connectivity index (χ3v) is 2.10. The molecule has 0 aliphatic rings. The maximum absolute atomic E-state index is 10.6. The Morgan fingerprint density at radius 3 is 2.50 bits per heavy atom. The maximum Gasteiger partial charge on any atom is 0.147 e. The minimum absolute atomic E-state index is 0.139. The molecule has 0 aliphatic carbocycles. The van der Waals surface area contributed by atoms with Gasteiger partial charge in [-0.15, -0.1) is 6.58 Å². The largest absolute Gasteiger partial charge is 0.324 e. The van der Waals surface area contributed by atoms with Crippen molar-refractivity contribution in [3.63, 3.8) is 0 Å². The van der Waals surface area contributed by atoms with E-state index in [4.69, 9.17) is 5.73 Å². The zero-order valence-electron chi connectivity index (χ0n) is 6.08.